The summed E-state index contributed by atoms with van der Waals surface area (Å²) < 4.78 is 28.7. The van der Waals surface area contributed by atoms with E-state index in [0.29, 0.717) is 23.8 Å². The molecule has 3 N–H and O–H groups in total. The molecule has 2 heterocycles. The second kappa shape index (κ2) is 7.84. The molecule has 1 fully saturated rings. The molecular formula is C19H27N4O3S+. The van der Waals surface area contributed by atoms with Gasteiger partial charge in [0.2, 0.25) is 10.0 Å². The van der Waals surface area contributed by atoms with Crippen molar-refractivity contribution in [2.75, 3.05) is 25.5 Å². The van der Waals surface area contributed by atoms with E-state index in [-0.39, 0.29) is 10.8 Å². The summed E-state index contributed by atoms with van der Waals surface area (Å²) in [6.07, 6.45) is 4.19. The highest BCUT2D eigenvalue weighted by Gasteiger charge is 2.33. The number of benzene rings is 1. The molecule has 1 aliphatic rings. The quantitative estimate of drug-likeness (QED) is 0.674. The van der Waals surface area contributed by atoms with Crippen LogP contribution in [-0.4, -0.2) is 39.0 Å². The zero-order chi connectivity index (χ0) is 19.6. The van der Waals surface area contributed by atoms with Crippen LogP contribution in [0.25, 0.3) is 0 Å². The average Bonchev–Trinajstić information content (AvgIpc) is 3.24. The lowest BCUT2D eigenvalue weighted by molar-refractivity contribution is -0.910. The van der Waals surface area contributed by atoms with Crippen LogP contribution in [0.4, 0.5) is 5.69 Å². The molecule has 1 amide bonds. The highest BCUT2D eigenvalue weighted by molar-refractivity contribution is 7.89. The fourth-order valence-electron chi connectivity index (χ4n) is 3.81. The number of aryl methyl sites for hydroxylation is 2. The van der Waals surface area contributed by atoms with Gasteiger partial charge in [-0.3, -0.25) is 4.79 Å². The summed E-state index contributed by atoms with van der Waals surface area (Å²) in [5, 5.41) is 2.85. The van der Waals surface area contributed by atoms with Crippen molar-refractivity contribution in [3.05, 3.63) is 47.8 Å². The number of aromatic nitrogens is 1. The molecule has 1 unspecified atom stereocenters. The predicted molar refractivity (Wildman–Crippen MR) is 104 cm³/mol. The molecule has 27 heavy (non-hydrogen) atoms. The van der Waals surface area contributed by atoms with Crippen molar-refractivity contribution in [1.82, 2.24) is 9.29 Å². The molecule has 0 aliphatic carbocycles. The monoisotopic (exact) mass is 391 g/mol. The van der Waals surface area contributed by atoms with Gasteiger partial charge in [-0.15, -0.1) is 0 Å². The molecule has 1 aliphatic heterocycles. The van der Waals surface area contributed by atoms with Gasteiger partial charge in [0, 0.05) is 31.8 Å². The lowest BCUT2D eigenvalue weighted by Crippen LogP contribution is -3.11. The number of amides is 1. The first-order valence-electron chi connectivity index (χ1n) is 9.11. The molecule has 8 heteroatoms. The van der Waals surface area contributed by atoms with Crippen LogP contribution in [0.15, 0.2) is 41.4 Å². The van der Waals surface area contributed by atoms with Crippen molar-refractivity contribution in [3.8, 4) is 0 Å². The molecule has 7 nitrogen and oxygen atoms in total. The number of hydrogen-bond acceptors (Lipinski definition) is 3. The van der Waals surface area contributed by atoms with Crippen LogP contribution in [0.1, 0.15) is 30.1 Å². The molecule has 3 rings (SSSR count). The van der Waals surface area contributed by atoms with Crippen LogP contribution in [0.2, 0.25) is 0 Å². The van der Waals surface area contributed by atoms with Crippen LogP contribution in [-0.2, 0) is 21.9 Å². The number of likely N-dealkylation sites (tertiary alicyclic amines) is 1. The molecule has 1 saturated heterocycles. The van der Waals surface area contributed by atoms with E-state index in [0.717, 1.165) is 19.4 Å². The van der Waals surface area contributed by atoms with E-state index in [1.165, 1.54) is 23.7 Å². The fourth-order valence-corrected chi connectivity index (χ4v) is 4.80. The first-order chi connectivity index (χ1) is 12.8. The summed E-state index contributed by atoms with van der Waals surface area (Å²) >= 11 is 0. The van der Waals surface area contributed by atoms with Crippen LogP contribution in [0.5, 0.6) is 0 Å². The number of carbonyl (C=O) groups is 1. The van der Waals surface area contributed by atoms with E-state index in [4.69, 9.17) is 0 Å². The van der Waals surface area contributed by atoms with Crippen molar-refractivity contribution in [3.63, 3.8) is 0 Å². The third-order valence-electron chi connectivity index (χ3n) is 5.24. The molecule has 1 aromatic carbocycles. The van der Waals surface area contributed by atoms with Crippen LogP contribution >= 0.6 is 0 Å². The van der Waals surface area contributed by atoms with Crippen molar-refractivity contribution in [1.29, 1.82) is 0 Å². The van der Waals surface area contributed by atoms with Gasteiger partial charge in [-0.25, -0.2) is 13.1 Å². The van der Waals surface area contributed by atoms with Crippen LogP contribution < -0.4 is 14.9 Å². The Hall–Kier alpha value is -2.16. The Labute approximate surface area is 160 Å². The summed E-state index contributed by atoms with van der Waals surface area (Å²) in [6, 6.07) is 9.40. The maximum atomic E-state index is 12.6. The highest BCUT2D eigenvalue weighted by Crippen LogP contribution is 2.21. The van der Waals surface area contributed by atoms with Gasteiger partial charge in [0.05, 0.1) is 17.1 Å². The normalized spacial score (nSPS) is 20.0. The van der Waals surface area contributed by atoms with Gasteiger partial charge in [0.25, 0.3) is 5.91 Å². The minimum Gasteiger partial charge on any atom is -0.350 e. The lowest BCUT2D eigenvalue weighted by Gasteiger charge is -2.21. The second-order valence-electron chi connectivity index (χ2n) is 7.06. The van der Waals surface area contributed by atoms with E-state index >= 15 is 0 Å². The molecular weight excluding hydrogens is 364 g/mol. The largest absolute Gasteiger partial charge is 0.350 e. The Bertz CT molecular complexity index is 936. The van der Waals surface area contributed by atoms with Gasteiger partial charge in [-0.1, -0.05) is 6.07 Å². The summed E-state index contributed by atoms with van der Waals surface area (Å²) in [5.41, 5.74) is 2.37. The number of anilines is 1. The molecule has 0 spiro atoms. The van der Waals surface area contributed by atoms with E-state index in [1.807, 2.05) is 19.3 Å². The third kappa shape index (κ3) is 4.23. The zero-order valence-corrected chi connectivity index (χ0v) is 16.8. The standard InChI is InChI=1S/C19H26N4O3S/c1-14-8-9-15(12-18(14)27(25,26)20-2)21-19(24)13-23-11-5-7-17(23)16-6-4-10-22(16)3/h4,6,8-10,12,17,20H,5,7,11,13H2,1-3H3,(H,21,24)/p+1/t17-/m0/s1. The number of hydrogen-bond donors (Lipinski definition) is 3. The Morgan fingerprint density at radius 3 is 2.78 bits per heavy atom. The third-order valence-corrected chi connectivity index (χ3v) is 6.80. The summed E-state index contributed by atoms with van der Waals surface area (Å²) in [6.45, 7) is 3.04. The smallest absolute Gasteiger partial charge is 0.279 e. The van der Waals surface area contributed by atoms with Gasteiger partial charge >= 0.3 is 0 Å². The number of sulfonamides is 1. The van der Waals surface area contributed by atoms with E-state index in [9.17, 15) is 13.2 Å². The number of nitrogens with zero attached hydrogens (tertiary/aromatic N) is 1. The highest BCUT2D eigenvalue weighted by atomic mass is 32.2. The van der Waals surface area contributed by atoms with Gasteiger partial charge in [0.15, 0.2) is 6.54 Å². The molecule has 2 aromatic rings. The molecule has 0 bridgehead atoms. The van der Waals surface area contributed by atoms with Gasteiger partial charge < -0.3 is 14.8 Å². The number of nitrogens with one attached hydrogen (secondary N) is 3. The number of rotatable bonds is 6. The Morgan fingerprint density at radius 2 is 2.11 bits per heavy atom. The Kier molecular flexibility index (Phi) is 5.69. The fraction of sp³-hybridized carbons (Fsp3) is 0.421. The molecule has 1 aromatic heterocycles. The first kappa shape index (κ1) is 19.6. The van der Waals surface area contributed by atoms with Gasteiger partial charge in [-0.05, 0) is 43.8 Å². The van der Waals surface area contributed by atoms with Gasteiger partial charge in [0.1, 0.15) is 6.04 Å². The number of quaternary nitrogens is 1. The average molecular weight is 392 g/mol. The topological polar surface area (TPSA) is 84.6 Å². The first-order valence-corrected chi connectivity index (χ1v) is 10.6. The summed E-state index contributed by atoms with van der Waals surface area (Å²) in [4.78, 5) is 14.0. The minimum absolute atomic E-state index is 0.109. The molecule has 2 atom stereocenters. The molecule has 0 saturated carbocycles. The molecule has 0 radical (unpaired) electrons. The zero-order valence-electron chi connectivity index (χ0n) is 16.0. The lowest BCUT2D eigenvalue weighted by atomic mass is 10.1. The molecule has 146 valence electrons. The SMILES string of the molecule is CNS(=O)(=O)c1cc(NC(=O)C[NH+]2CCC[C@H]2c2cccn2C)ccc1C. The van der Waals surface area contributed by atoms with E-state index in [1.54, 1.807) is 19.1 Å². The van der Waals surface area contributed by atoms with Crippen LogP contribution in [0, 0.1) is 6.92 Å². The van der Waals surface area contributed by atoms with E-state index in [2.05, 4.69) is 20.7 Å². The van der Waals surface area contributed by atoms with Crippen molar-refractivity contribution in [2.45, 2.75) is 30.7 Å². The summed E-state index contributed by atoms with van der Waals surface area (Å²) in [7, 11) is -0.157. The van der Waals surface area contributed by atoms with E-state index < -0.39 is 10.0 Å². The second-order valence-corrected chi connectivity index (χ2v) is 8.91. The Balaban J connectivity index is 1.71. The van der Waals surface area contributed by atoms with Crippen molar-refractivity contribution < 1.29 is 18.1 Å². The minimum atomic E-state index is -3.56. The van der Waals surface area contributed by atoms with Crippen molar-refractivity contribution >= 4 is 21.6 Å². The maximum Gasteiger partial charge on any atom is 0.279 e. The maximum absolute atomic E-state index is 12.6. The Morgan fingerprint density at radius 1 is 1.33 bits per heavy atom. The van der Waals surface area contributed by atoms with Crippen LogP contribution in [0.3, 0.4) is 0 Å². The van der Waals surface area contributed by atoms with Gasteiger partial charge in [-0.2, -0.15) is 0 Å². The predicted octanol–water partition coefficient (Wildman–Crippen LogP) is 0.600. The summed E-state index contributed by atoms with van der Waals surface area (Å²) in [5.74, 6) is -0.109. The van der Waals surface area contributed by atoms with Crippen molar-refractivity contribution in [2.24, 2.45) is 7.05 Å². The number of carbonyl (C=O) groups excluding carboxylic acids is 1.